The van der Waals surface area contributed by atoms with Crippen LogP contribution in [0.3, 0.4) is 0 Å². The standard InChI is InChI=1S/C18H23N3O3/c1-4-5-15(22)13-11-18-19-9-8-14(21(18)20-13)12-6-7-16(23-2)17(10-12)24-3/h8,10-11,19H,4-7,9H2,1-3H3. The average Bonchev–Trinajstić information content (AvgIpc) is 3.05. The number of nitrogens with zero attached hydrogens (tertiary/aromatic N) is 2. The highest BCUT2D eigenvalue weighted by atomic mass is 16.5. The highest BCUT2D eigenvalue weighted by Gasteiger charge is 2.23. The van der Waals surface area contributed by atoms with E-state index >= 15 is 0 Å². The molecule has 6 heteroatoms. The summed E-state index contributed by atoms with van der Waals surface area (Å²) in [6.45, 7) is 2.71. The molecule has 0 aromatic carbocycles. The second-order valence-electron chi connectivity index (χ2n) is 5.84. The SMILES string of the molecule is CCCC(=O)c1cc2n(n1)C(C1=CC(OC)=C(OC)CC1)=CCN2. The molecule has 0 unspecified atom stereocenters. The molecular weight excluding hydrogens is 306 g/mol. The largest absolute Gasteiger partial charge is 0.497 e. The average molecular weight is 329 g/mol. The molecular formula is C18H23N3O3. The Morgan fingerprint density at radius 3 is 2.88 bits per heavy atom. The van der Waals surface area contributed by atoms with Gasteiger partial charge in [0.15, 0.2) is 11.5 Å². The number of hydrogen-bond acceptors (Lipinski definition) is 5. The second kappa shape index (κ2) is 6.95. The number of allylic oxidation sites excluding steroid dienone is 4. The minimum Gasteiger partial charge on any atom is -0.497 e. The number of carbonyl (C=O) groups excluding carboxylic acids is 1. The fourth-order valence-electron chi connectivity index (χ4n) is 3.05. The maximum atomic E-state index is 12.1. The van der Waals surface area contributed by atoms with Crippen LogP contribution in [0, 0.1) is 0 Å². The summed E-state index contributed by atoms with van der Waals surface area (Å²) < 4.78 is 12.6. The zero-order valence-corrected chi connectivity index (χ0v) is 14.4. The molecule has 128 valence electrons. The second-order valence-corrected chi connectivity index (χ2v) is 5.84. The number of fused-ring (bicyclic) bond motifs is 1. The van der Waals surface area contributed by atoms with Crippen molar-refractivity contribution < 1.29 is 14.3 Å². The molecule has 3 rings (SSSR count). The number of nitrogens with one attached hydrogen (secondary N) is 1. The van der Waals surface area contributed by atoms with E-state index in [2.05, 4.69) is 16.5 Å². The normalized spacial score (nSPS) is 16.8. The molecule has 1 aliphatic heterocycles. The maximum Gasteiger partial charge on any atom is 0.183 e. The molecule has 6 nitrogen and oxygen atoms in total. The van der Waals surface area contributed by atoms with Crippen molar-refractivity contribution in [2.24, 2.45) is 0 Å². The van der Waals surface area contributed by atoms with Crippen molar-refractivity contribution in [2.45, 2.75) is 32.6 Å². The molecule has 0 atom stereocenters. The summed E-state index contributed by atoms with van der Waals surface area (Å²) in [5.74, 6) is 2.54. The zero-order chi connectivity index (χ0) is 17.1. The number of Topliss-reactive ketones (excluding diaryl/α,β-unsaturated/α-hetero) is 1. The Balaban J connectivity index is 1.95. The molecule has 24 heavy (non-hydrogen) atoms. The van der Waals surface area contributed by atoms with Crippen LogP contribution in [-0.4, -0.2) is 36.3 Å². The Kier molecular flexibility index (Phi) is 4.74. The van der Waals surface area contributed by atoms with E-state index in [0.29, 0.717) is 18.7 Å². The third-order valence-electron chi connectivity index (χ3n) is 4.28. The van der Waals surface area contributed by atoms with Crippen LogP contribution in [0.15, 0.2) is 35.3 Å². The topological polar surface area (TPSA) is 65.4 Å². The van der Waals surface area contributed by atoms with E-state index in [1.165, 1.54) is 0 Å². The summed E-state index contributed by atoms with van der Waals surface area (Å²) in [5, 5.41) is 7.79. The van der Waals surface area contributed by atoms with Crippen LogP contribution in [0.4, 0.5) is 5.82 Å². The maximum absolute atomic E-state index is 12.1. The number of hydrogen-bond donors (Lipinski definition) is 1. The van der Waals surface area contributed by atoms with Gasteiger partial charge in [-0.2, -0.15) is 5.10 Å². The van der Waals surface area contributed by atoms with Crippen molar-refractivity contribution in [3.05, 3.63) is 41.0 Å². The minimum atomic E-state index is 0.0809. The molecule has 2 aliphatic rings. The first-order chi connectivity index (χ1) is 11.7. The van der Waals surface area contributed by atoms with Crippen LogP contribution in [0.2, 0.25) is 0 Å². The highest BCUT2D eigenvalue weighted by Crippen LogP contribution is 2.34. The first-order valence-electron chi connectivity index (χ1n) is 8.27. The lowest BCUT2D eigenvalue weighted by molar-refractivity contribution is 0.0976. The molecule has 0 saturated carbocycles. The van der Waals surface area contributed by atoms with Crippen LogP contribution < -0.4 is 5.32 Å². The number of rotatable bonds is 6. The van der Waals surface area contributed by atoms with Crippen molar-refractivity contribution in [1.29, 1.82) is 0 Å². The molecule has 0 spiro atoms. The molecule has 1 aromatic heterocycles. The van der Waals surface area contributed by atoms with Crippen LogP contribution in [0.1, 0.15) is 43.1 Å². The van der Waals surface area contributed by atoms with E-state index in [1.807, 2.05) is 23.7 Å². The van der Waals surface area contributed by atoms with Gasteiger partial charge in [-0.15, -0.1) is 0 Å². The van der Waals surface area contributed by atoms with Gasteiger partial charge in [0, 0.05) is 25.5 Å². The number of ether oxygens (including phenoxy) is 2. The van der Waals surface area contributed by atoms with Gasteiger partial charge in [-0.05, 0) is 30.6 Å². The summed E-state index contributed by atoms with van der Waals surface area (Å²) in [4.78, 5) is 12.1. The number of anilines is 1. The van der Waals surface area contributed by atoms with Crippen molar-refractivity contribution >= 4 is 17.3 Å². The van der Waals surface area contributed by atoms with Gasteiger partial charge in [-0.1, -0.05) is 6.92 Å². The zero-order valence-electron chi connectivity index (χ0n) is 14.4. The van der Waals surface area contributed by atoms with Gasteiger partial charge in [0.05, 0.1) is 19.9 Å². The molecule has 0 fully saturated rings. The van der Waals surface area contributed by atoms with Crippen molar-refractivity contribution in [2.75, 3.05) is 26.1 Å². The molecule has 0 radical (unpaired) electrons. The van der Waals surface area contributed by atoms with E-state index < -0.39 is 0 Å². The number of methoxy groups -OCH3 is 2. The summed E-state index contributed by atoms with van der Waals surface area (Å²) in [7, 11) is 3.31. The minimum absolute atomic E-state index is 0.0809. The van der Waals surface area contributed by atoms with Crippen LogP contribution in [-0.2, 0) is 9.47 Å². The number of ketones is 1. The van der Waals surface area contributed by atoms with Gasteiger partial charge in [0.25, 0.3) is 0 Å². The molecule has 1 N–H and O–H groups in total. The van der Waals surface area contributed by atoms with E-state index in [1.54, 1.807) is 14.2 Å². The Bertz CT molecular complexity index is 741. The van der Waals surface area contributed by atoms with Crippen molar-refractivity contribution in [1.82, 2.24) is 9.78 Å². The summed E-state index contributed by atoms with van der Waals surface area (Å²) in [5.41, 5.74) is 2.65. The molecule has 1 aliphatic carbocycles. The molecule has 2 heterocycles. The third-order valence-corrected chi connectivity index (χ3v) is 4.28. The Morgan fingerprint density at radius 2 is 2.17 bits per heavy atom. The monoisotopic (exact) mass is 329 g/mol. The third kappa shape index (κ3) is 2.96. The smallest absolute Gasteiger partial charge is 0.183 e. The lowest BCUT2D eigenvalue weighted by Gasteiger charge is -2.23. The number of carbonyl (C=O) groups is 1. The Morgan fingerprint density at radius 1 is 1.33 bits per heavy atom. The summed E-state index contributed by atoms with van der Waals surface area (Å²) in [6, 6.07) is 1.84. The van der Waals surface area contributed by atoms with Gasteiger partial charge in [-0.25, -0.2) is 4.68 Å². The molecule has 1 aromatic rings. The van der Waals surface area contributed by atoms with Gasteiger partial charge in [-0.3, -0.25) is 4.79 Å². The van der Waals surface area contributed by atoms with E-state index in [0.717, 1.165) is 47.9 Å². The lowest BCUT2D eigenvalue weighted by atomic mass is 9.98. The van der Waals surface area contributed by atoms with Crippen LogP contribution in [0.5, 0.6) is 0 Å². The lowest BCUT2D eigenvalue weighted by Crippen LogP contribution is -2.17. The fourth-order valence-corrected chi connectivity index (χ4v) is 3.05. The Hall–Kier alpha value is -2.50. The van der Waals surface area contributed by atoms with Gasteiger partial charge in [0.1, 0.15) is 17.3 Å². The summed E-state index contributed by atoms with van der Waals surface area (Å²) in [6.07, 6.45) is 7.06. The van der Waals surface area contributed by atoms with Crippen LogP contribution >= 0.6 is 0 Å². The van der Waals surface area contributed by atoms with E-state index in [9.17, 15) is 4.79 Å². The van der Waals surface area contributed by atoms with Crippen molar-refractivity contribution in [3.8, 4) is 0 Å². The Labute approximate surface area is 141 Å². The highest BCUT2D eigenvalue weighted by molar-refractivity contribution is 5.95. The van der Waals surface area contributed by atoms with Gasteiger partial charge >= 0.3 is 0 Å². The van der Waals surface area contributed by atoms with E-state index in [-0.39, 0.29) is 5.78 Å². The van der Waals surface area contributed by atoms with Crippen LogP contribution in [0.25, 0.3) is 5.70 Å². The molecule has 0 saturated heterocycles. The molecule has 0 amide bonds. The molecule has 0 bridgehead atoms. The first kappa shape index (κ1) is 16.4. The van der Waals surface area contributed by atoms with Gasteiger partial charge in [0.2, 0.25) is 0 Å². The van der Waals surface area contributed by atoms with Crippen molar-refractivity contribution in [3.63, 3.8) is 0 Å². The fraction of sp³-hybridized carbons (Fsp3) is 0.444. The number of aromatic nitrogens is 2. The predicted molar refractivity (Wildman–Crippen MR) is 92.6 cm³/mol. The predicted octanol–water partition coefficient (Wildman–Crippen LogP) is 3.36. The first-order valence-corrected chi connectivity index (χ1v) is 8.27. The van der Waals surface area contributed by atoms with E-state index in [4.69, 9.17) is 9.47 Å². The van der Waals surface area contributed by atoms with Gasteiger partial charge < -0.3 is 14.8 Å². The quantitative estimate of drug-likeness (QED) is 0.811. The summed E-state index contributed by atoms with van der Waals surface area (Å²) >= 11 is 0.